The molecule has 0 unspecified atom stereocenters. The molecule has 2 atom stereocenters. The minimum Gasteiger partial charge on any atom is -0.459 e. The first kappa shape index (κ1) is 14.1. The highest BCUT2D eigenvalue weighted by molar-refractivity contribution is 8.02. The third kappa shape index (κ3) is 2.23. The Morgan fingerprint density at radius 3 is 2.62 bits per heavy atom. The van der Waals surface area contributed by atoms with Gasteiger partial charge in [0, 0.05) is 4.75 Å². The Hall–Kier alpha value is -1.82. The minimum atomic E-state index is -0.707. The molecule has 3 rings (SSSR count). The van der Waals surface area contributed by atoms with Crippen molar-refractivity contribution in [2.45, 2.75) is 36.6 Å². The standard InChI is InChI=1S/C15H15NO4S/c1-15(2)11(16-12(18)10(17)13(16)21-15)14(19)20-8-9-6-4-3-5-7-9/h3-7,11,13H,8H2,1-2H3/t11-,13+/m0/s1. The molecule has 2 heterocycles. The number of carbonyl (C=O) groups excluding carboxylic acids is 3. The van der Waals surface area contributed by atoms with Gasteiger partial charge in [-0.15, -0.1) is 11.8 Å². The highest BCUT2D eigenvalue weighted by Crippen LogP contribution is 2.49. The van der Waals surface area contributed by atoms with E-state index in [0.717, 1.165) is 5.56 Å². The quantitative estimate of drug-likeness (QED) is 0.479. The zero-order chi connectivity index (χ0) is 15.2. The molecule has 0 radical (unpaired) electrons. The van der Waals surface area contributed by atoms with Gasteiger partial charge in [-0.3, -0.25) is 9.59 Å². The lowest BCUT2D eigenvalue weighted by molar-refractivity contribution is -0.167. The van der Waals surface area contributed by atoms with Crippen LogP contribution in [-0.2, 0) is 25.7 Å². The molecular formula is C15H15NO4S. The molecule has 2 aliphatic rings. The third-order valence-corrected chi connectivity index (χ3v) is 5.22. The summed E-state index contributed by atoms with van der Waals surface area (Å²) in [7, 11) is 0. The van der Waals surface area contributed by atoms with E-state index >= 15 is 0 Å². The molecule has 110 valence electrons. The Morgan fingerprint density at radius 2 is 1.95 bits per heavy atom. The van der Waals surface area contributed by atoms with Gasteiger partial charge in [-0.25, -0.2) is 4.79 Å². The van der Waals surface area contributed by atoms with Crippen LogP contribution in [0.25, 0.3) is 0 Å². The fourth-order valence-corrected chi connectivity index (χ4v) is 4.11. The maximum Gasteiger partial charge on any atom is 0.330 e. The predicted octanol–water partition coefficient (Wildman–Crippen LogP) is 1.36. The smallest absolute Gasteiger partial charge is 0.330 e. The second-order valence-electron chi connectivity index (χ2n) is 5.65. The molecule has 0 N–H and O–H groups in total. The number of hydrogen-bond acceptors (Lipinski definition) is 5. The molecule has 1 aromatic carbocycles. The summed E-state index contributed by atoms with van der Waals surface area (Å²) in [6.07, 6.45) is 0. The van der Waals surface area contributed by atoms with Crippen LogP contribution in [0, 0.1) is 0 Å². The summed E-state index contributed by atoms with van der Waals surface area (Å²) in [4.78, 5) is 36.9. The van der Waals surface area contributed by atoms with E-state index in [-0.39, 0.29) is 6.61 Å². The number of ketones is 1. The van der Waals surface area contributed by atoms with Crippen molar-refractivity contribution >= 4 is 29.4 Å². The molecule has 2 fully saturated rings. The fraction of sp³-hybridized carbons (Fsp3) is 0.400. The van der Waals surface area contributed by atoms with Crippen LogP contribution < -0.4 is 0 Å². The topological polar surface area (TPSA) is 63.7 Å². The second-order valence-corrected chi connectivity index (χ2v) is 7.38. The first-order chi connectivity index (χ1) is 9.92. The van der Waals surface area contributed by atoms with Gasteiger partial charge >= 0.3 is 5.97 Å². The molecule has 0 aromatic heterocycles. The SMILES string of the molecule is CC1(C)S[C@@H]2C(=O)C(=O)N2[C@H]1C(=O)OCc1ccccc1. The molecule has 2 saturated heterocycles. The minimum absolute atomic E-state index is 0.164. The van der Waals surface area contributed by atoms with Gasteiger partial charge in [0.15, 0.2) is 0 Å². The summed E-state index contributed by atoms with van der Waals surface area (Å²) in [5.74, 6) is -1.47. The summed E-state index contributed by atoms with van der Waals surface area (Å²) in [6.45, 7) is 3.87. The van der Waals surface area contributed by atoms with Crippen molar-refractivity contribution in [3.63, 3.8) is 0 Å². The van der Waals surface area contributed by atoms with E-state index in [1.54, 1.807) is 0 Å². The number of rotatable bonds is 3. The summed E-state index contributed by atoms with van der Waals surface area (Å²) in [5.41, 5.74) is 0.886. The van der Waals surface area contributed by atoms with Crippen LogP contribution >= 0.6 is 11.8 Å². The first-order valence-electron chi connectivity index (χ1n) is 6.67. The van der Waals surface area contributed by atoms with Gasteiger partial charge in [0.25, 0.3) is 11.7 Å². The molecule has 0 aliphatic carbocycles. The zero-order valence-corrected chi connectivity index (χ0v) is 12.6. The molecule has 6 heteroatoms. The van der Waals surface area contributed by atoms with Crippen LogP contribution in [-0.4, -0.2) is 38.7 Å². The monoisotopic (exact) mass is 305 g/mol. The van der Waals surface area contributed by atoms with E-state index in [0.29, 0.717) is 0 Å². The number of benzene rings is 1. The van der Waals surface area contributed by atoms with Crippen LogP contribution in [0.2, 0.25) is 0 Å². The van der Waals surface area contributed by atoms with Crippen molar-refractivity contribution in [3.05, 3.63) is 35.9 Å². The van der Waals surface area contributed by atoms with Gasteiger partial charge in [0.05, 0.1) is 0 Å². The van der Waals surface area contributed by atoms with Crippen LogP contribution in [0.3, 0.4) is 0 Å². The van der Waals surface area contributed by atoms with E-state index in [4.69, 9.17) is 4.74 Å². The number of Topliss-reactive ketones (excluding diaryl/α,β-unsaturated/α-hetero) is 1. The van der Waals surface area contributed by atoms with Crippen molar-refractivity contribution in [2.75, 3.05) is 0 Å². The third-order valence-electron chi connectivity index (χ3n) is 3.72. The van der Waals surface area contributed by atoms with Crippen molar-refractivity contribution in [2.24, 2.45) is 0 Å². The van der Waals surface area contributed by atoms with Gasteiger partial charge < -0.3 is 9.64 Å². The number of amides is 1. The highest BCUT2D eigenvalue weighted by Gasteiger charge is 2.64. The Morgan fingerprint density at radius 1 is 1.29 bits per heavy atom. The van der Waals surface area contributed by atoms with Gasteiger partial charge in [-0.05, 0) is 19.4 Å². The average Bonchev–Trinajstić information content (AvgIpc) is 2.74. The van der Waals surface area contributed by atoms with Gasteiger partial charge in [0.1, 0.15) is 18.0 Å². The van der Waals surface area contributed by atoms with Gasteiger partial charge in [-0.1, -0.05) is 30.3 Å². The number of hydrogen-bond donors (Lipinski definition) is 0. The van der Waals surface area contributed by atoms with Gasteiger partial charge in [-0.2, -0.15) is 0 Å². The molecule has 0 saturated carbocycles. The van der Waals surface area contributed by atoms with E-state index < -0.39 is 33.8 Å². The van der Waals surface area contributed by atoms with E-state index in [1.165, 1.54) is 16.7 Å². The second kappa shape index (κ2) is 4.87. The van der Waals surface area contributed by atoms with E-state index in [1.807, 2.05) is 44.2 Å². The molecule has 0 spiro atoms. The summed E-state index contributed by atoms with van der Waals surface area (Å²) in [6, 6.07) is 8.64. The highest BCUT2D eigenvalue weighted by atomic mass is 32.2. The molecule has 2 aliphatic heterocycles. The number of fused-ring (bicyclic) bond motifs is 1. The average molecular weight is 305 g/mol. The molecular weight excluding hydrogens is 290 g/mol. The Kier molecular flexibility index (Phi) is 3.28. The number of esters is 1. The lowest BCUT2D eigenvalue weighted by Crippen LogP contribution is -2.63. The largest absolute Gasteiger partial charge is 0.459 e. The van der Waals surface area contributed by atoms with Crippen LogP contribution in [0.4, 0.5) is 0 Å². The van der Waals surface area contributed by atoms with E-state index in [9.17, 15) is 14.4 Å². The number of nitrogens with zero attached hydrogens (tertiary/aromatic N) is 1. The first-order valence-corrected chi connectivity index (χ1v) is 7.54. The van der Waals surface area contributed by atoms with Crippen LogP contribution in [0.15, 0.2) is 30.3 Å². The Balaban J connectivity index is 1.72. The molecule has 0 bridgehead atoms. The zero-order valence-electron chi connectivity index (χ0n) is 11.7. The van der Waals surface area contributed by atoms with Crippen LogP contribution in [0.1, 0.15) is 19.4 Å². The van der Waals surface area contributed by atoms with Crippen molar-refractivity contribution in [1.82, 2.24) is 4.90 Å². The molecule has 1 amide bonds. The summed E-state index contributed by atoms with van der Waals surface area (Å²) >= 11 is 1.34. The molecule has 1 aromatic rings. The number of ether oxygens (including phenoxy) is 1. The van der Waals surface area contributed by atoms with Crippen LogP contribution in [0.5, 0.6) is 0 Å². The molecule has 21 heavy (non-hydrogen) atoms. The number of β-lactam (4-membered cyclic amide) rings is 1. The molecule has 5 nitrogen and oxygen atoms in total. The van der Waals surface area contributed by atoms with Crippen molar-refractivity contribution in [1.29, 1.82) is 0 Å². The number of carbonyl (C=O) groups is 3. The normalized spacial score (nSPS) is 26.3. The Labute approximate surface area is 126 Å². The fourth-order valence-electron chi connectivity index (χ4n) is 2.65. The lowest BCUT2D eigenvalue weighted by atomic mass is 9.98. The maximum atomic E-state index is 12.3. The van der Waals surface area contributed by atoms with Crippen molar-refractivity contribution in [3.8, 4) is 0 Å². The maximum absolute atomic E-state index is 12.3. The predicted molar refractivity (Wildman–Crippen MR) is 77.3 cm³/mol. The number of thioether (sulfide) groups is 1. The van der Waals surface area contributed by atoms with Gasteiger partial charge in [0.2, 0.25) is 0 Å². The summed E-state index contributed by atoms with van der Waals surface area (Å²) in [5, 5.41) is -0.526. The Bertz CT molecular complexity index is 613. The summed E-state index contributed by atoms with van der Waals surface area (Å²) < 4.78 is 4.80. The van der Waals surface area contributed by atoms with Crippen molar-refractivity contribution < 1.29 is 19.1 Å². The lowest BCUT2D eigenvalue weighted by Gasteiger charge is -2.35. The van der Waals surface area contributed by atoms with E-state index in [2.05, 4.69) is 0 Å².